The lowest BCUT2D eigenvalue weighted by atomic mass is 10.0. The molecule has 0 aliphatic carbocycles. The highest BCUT2D eigenvalue weighted by Gasteiger charge is 2.19. The number of anilines is 1. The number of benzene rings is 1. The standard InChI is InChI=1S/C14H10FN3OS/c15-12-9(3-1-5-11(12)18-20)13(19)10-7-17-14-8(10)4-2-6-16-14/h1-7,18,20H,(H,16,17). The maximum Gasteiger partial charge on any atom is 0.198 e. The van der Waals surface area contributed by atoms with Crippen LogP contribution in [-0.4, -0.2) is 15.8 Å². The number of nitrogens with zero attached hydrogens (tertiary/aromatic N) is 1. The quantitative estimate of drug-likeness (QED) is 0.512. The Kier molecular flexibility index (Phi) is 3.15. The molecule has 100 valence electrons. The van der Waals surface area contributed by atoms with Gasteiger partial charge in [0.1, 0.15) is 5.65 Å². The van der Waals surface area contributed by atoms with Gasteiger partial charge in [0.25, 0.3) is 0 Å². The van der Waals surface area contributed by atoms with Crippen molar-refractivity contribution in [3.63, 3.8) is 0 Å². The maximum absolute atomic E-state index is 14.2. The zero-order valence-corrected chi connectivity index (χ0v) is 11.1. The summed E-state index contributed by atoms with van der Waals surface area (Å²) in [5.74, 6) is -1.02. The highest BCUT2D eigenvalue weighted by molar-refractivity contribution is 7.81. The molecule has 0 aliphatic rings. The van der Waals surface area contributed by atoms with Crippen LogP contribution in [0.1, 0.15) is 15.9 Å². The number of hydrogen-bond donors (Lipinski definition) is 3. The van der Waals surface area contributed by atoms with Gasteiger partial charge < -0.3 is 9.71 Å². The largest absolute Gasteiger partial charge is 0.345 e. The topological polar surface area (TPSA) is 57.8 Å². The first-order valence-electron chi connectivity index (χ1n) is 5.88. The summed E-state index contributed by atoms with van der Waals surface area (Å²) in [6.07, 6.45) is 3.17. The summed E-state index contributed by atoms with van der Waals surface area (Å²) in [7, 11) is 0. The number of ketones is 1. The Bertz CT molecular complexity index is 800. The molecule has 0 amide bonds. The summed E-state index contributed by atoms with van der Waals surface area (Å²) in [6, 6.07) is 8.05. The van der Waals surface area contributed by atoms with Crippen LogP contribution in [0.25, 0.3) is 11.0 Å². The van der Waals surface area contributed by atoms with Crippen molar-refractivity contribution in [3.8, 4) is 0 Å². The van der Waals surface area contributed by atoms with E-state index in [0.29, 0.717) is 16.6 Å². The van der Waals surface area contributed by atoms with E-state index >= 15 is 0 Å². The molecule has 0 bridgehead atoms. The van der Waals surface area contributed by atoms with E-state index in [-0.39, 0.29) is 11.3 Å². The van der Waals surface area contributed by atoms with E-state index in [1.807, 2.05) is 0 Å². The van der Waals surface area contributed by atoms with Crippen LogP contribution < -0.4 is 4.72 Å². The molecule has 3 aromatic rings. The molecule has 0 aliphatic heterocycles. The molecule has 2 aromatic heterocycles. The van der Waals surface area contributed by atoms with E-state index in [4.69, 9.17) is 0 Å². The fourth-order valence-corrected chi connectivity index (χ4v) is 2.26. The lowest BCUT2D eigenvalue weighted by Crippen LogP contribution is -2.05. The van der Waals surface area contributed by atoms with Crippen LogP contribution in [0.15, 0.2) is 42.7 Å². The van der Waals surface area contributed by atoms with Gasteiger partial charge in [-0.3, -0.25) is 4.79 Å². The average molecular weight is 287 g/mol. The van der Waals surface area contributed by atoms with Crippen LogP contribution >= 0.6 is 12.8 Å². The molecule has 4 nitrogen and oxygen atoms in total. The second kappa shape index (κ2) is 4.97. The van der Waals surface area contributed by atoms with E-state index in [9.17, 15) is 9.18 Å². The van der Waals surface area contributed by atoms with E-state index in [0.717, 1.165) is 0 Å². The van der Waals surface area contributed by atoms with Gasteiger partial charge in [0, 0.05) is 23.3 Å². The lowest BCUT2D eigenvalue weighted by Gasteiger charge is -2.06. The molecule has 0 saturated carbocycles. The molecular weight excluding hydrogens is 277 g/mol. The fraction of sp³-hybridized carbons (Fsp3) is 0. The van der Waals surface area contributed by atoms with Gasteiger partial charge in [-0.1, -0.05) is 18.9 Å². The summed E-state index contributed by atoms with van der Waals surface area (Å²) < 4.78 is 16.6. The molecule has 0 spiro atoms. The van der Waals surface area contributed by atoms with Gasteiger partial charge in [-0.05, 0) is 24.3 Å². The maximum atomic E-state index is 14.2. The number of nitrogens with one attached hydrogen (secondary N) is 2. The normalized spacial score (nSPS) is 10.7. The molecule has 3 rings (SSSR count). The lowest BCUT2D eigenvalue weighted by molar-refractivity contribution is 0.103. The Morgan fingerprint density at radius 2 is 2.10 bits per heavy atom. The number of H-pyrrole nitrogens is 1. The van der Waals surface area contributed by atoms with Crippen LogP contribution in [0, 0.1) is 5.82 Å². The minimum atomic E-state index is -0.620. The van der Waals surface area contributed by atoms with Crippen LogP contribution in [0.3, 0.4) is 0 Å². The Hall–Kier alpha value is -2.34. The van der Waals surface area contributed by atoms with Gasteiger partial charge in [-0.15, -0.1) is 0 Å². The molecule has 2 N–H and O–H groups in total. The number of thiol groups is 1. The number of halogens is 1. The van der Waals surface area contributed by atoms with Crippen LogP contribution in [-0.2, 0) is 0 Å². The van der Waals surface area contributed by atoms with Crippen LogP contribution in [0.2, 0.25) is 0 Å². The first-order valence-corrected chi connectivity index (χ1v) is 6.32. The van der Waals surface area contributed by atoms with Gasteiger partial charge >= 0.3 is 0 Å². The molecule has 0 unspecified atom stereocenters. The molecule has 20 heavy (non-hydrogen) atoms. The van der Waals surface area contributed by atoms with Gasteiger partial charge in [-0.25, -0.2) is 9.37 Å². The minimum Gasteiger partial charge on any atom is -0.345 e. The molecule has 0 fully saturated rings. The van der Waals surface area contributed by atoms with Crippen molar-refractivity contribution in [2.45, 2.75) is 0 Å². The second-order valence-corrected chi connectivity index (χ2v) is 4.43. The highest BCUT2D eigenvalue weighted by atomic mass is 32.1. The van der Waals surface area contributed by atoms with Gasteiger partial charge in [0.2, 0.25) is 0 Å². The van der Waals surface area contributed by atoms with Crippen LogP contribution in [0.4, 0.5) is 10.1 Å². The molecular formula is C14H10FN3OS. The van der Waals surface area contributed by atoms with Crippen molar-refractivity contribution in [1.29, 1.82) is 0 Å². The smallest absolute Gasteiger partial charge is 0.198 e. The number of rotatable bonds is 3. The number of aromatic amines is 1. The summed E-state index contributed by atoms with van der Waals surface area (Å²) in [6.45, 7) is 0. The zero-order chi connectivity index (χ0) is 14.1. The Balaban J connectivity index is 2.14. The number of carbonyl (C=O) groups excluding carboxylic acids is 1. The van der Waals surface area contributed by atoms with Gasteiger partial charge in [-0.2, -0.15) is 0 Å². The minimum absolute atomic E-state index is 0.00574. The van der Waals surface area contributed by atoms with Crippen molar-refractivity contribution < 1.29 is 9.18 Å². The third kappa shape index (κ3) is 1.94. The SMILES string of the molecule is O=C(c1cccc(NS)c1F)c1c[nH]c2ncccc12. The number of hydrogen-bond acceptors (Lipinski definition) is 4. The van der Waals surface area contributed by atoms with Crippen molar-refractivity contribution in [2.75, 3.05) is 4.72 Å². The summed E-state index contributed by atoms with van der Waals surface area (Å²) in [5.41, 5.74) is 1.15. The Morgan fingerprint density at radius 3 is 2.90 bits per heavy atom. The Morgan fingerprint density at radius 1 is 1.25 bits per heavy atom. The van der Waals surface area contributed by atoms with Gasteiger partial charge in [0.05, 0.1) is 11.3 Å². The first-order chi connectivity index (χ1) is 9.72. The van der Waals surface area contributed by atoms with E-state index in [2.05, 4.69) is 27.5 Å². The van der Waals surface area contributed by atoms with Gasteiger partial charge in [0.15, 0.2) is 11.6 Å². The van der Waals surface area contributed by atoms with Crippen molar-refractivity contribution >= 4 is 35.3 Å². The third-order valence-corrected chi connectivity index (χ3v) is 3.30. The van der Waals surface area contributed by atoms with Crippen molar-refractivity contribution in [3.05, 3.63) is 59.7 Å². The zero-order valence-electron chi connectivity index (χ0n) is 10.2. The average Bonchev–Trinajstić information content (AvgIpc) is 2.91. The van der Waals surface area contributed by atoms with Crippen LogP contribution in [0.5, 0.6) is 0 Å². The number of aromatic nitrogens is 2. The van der Waals surface area contributed by atoms with E-state index < -0.39 is 11.6 Å². The highest BCUT2D eigenvalue weighted by Crippen LogP contribution is 2.24. The third-order valence-electron chi connectivity index (χ3n) is 3.06. The monoisotopic (exact) mass is 287 g/mol. The molecule has 1 aromatic carbocycles. The number of fused-ring (bicyclic) bond motifs is 1. The first kappa shape index (κ1) is 12.7. The second-order valence-electron chi connectivity index (χ2n) is 4.21. The van der Waals surface area contributed by atoms with Crippen molar-refractivity contribution in [2.24, 2.45) is 0 Å². The molecule has 0 atom stereocenters. The predicted molar refractivity (Wildman–Crippen MR) is 78.5 cm³/mol. The Labute approximate surface area is 119 Å². The fourth-order valence-electron chi connectivity index (χ4n) is 2.08. The number of carbonyl (C=O) groups is 1. The van der Waals surface area contributed by atoms with E-state index in [1.165, 1.54) is 12.1 Å². The summed E-state index contributed by atoms with van der Waals surface area (Å²) in [4.78, 5) is 19.5. The number of pyridine rings is 1. The molecule has 0 radical (unpaired) electrons. The molecule has 0 saturated heterocycles. The predicted octanol–water partition coefficient (Wildman–Crippen LogP) is 3.19. The van der Waals surface area contributed by atoms with E-state index in [1.54, 1.807) is 30.6 Å². The summed E-state index contributed by atoms with van der Waals surface area (Å²) >= 11 is 3.81. The summed E-state index contributed by atoms with van der Waals surface area (Å²) in [5, 5.41) is 0.668. The van der Waals surface area contributed by atoms with Crippen molar-refractivity contribution in [1.82, 2.24) is 9.97 Å². The molecule has 2 heterocycles. The molecule has 6 heteroatoms.